The Hall–Kier alpha value is -3.22. The molecule has 146 valence electrons. The normalized spacial score (nSPS) is 12.1. The average Bonchev–Trinajstić information content (AvgIpc) is 3.26. The summed E-state index contributed by atoms with van der Waals surface area (Å²) in [6, 6.07) is 19.7. The molecule has 0 fully saturated rings. The second-order valence-corrected chi connectivity index (χ2v) is 7.16. The number of rotatable bonds is 6. The van der Waals surface area contributed by atoms with Crippen molar-refractivity contribution in [2.24, 2.45) is 0 Å². The van der Waals surface area contributed by atoms with Crippen LogP contribution in [0.1, 0.15) is 18.5 Å². The van der Waals surface area contributed by atoms with Gasteiger partial charge in [0.1, 0.15) is 12.7 Å². The smallest absolute Gasteiger partial charge is 0.238 e. The van der Waals surface area contributed by atoms with Crippen LogP contribution in [0, 0.1) is 0 Å². The van der Waals surface area contributed by atoms with E-state index in [1.807, 2.05) is 18.2 Å². The van der Waals surface area contributed by atoms with E-state index in [0.29, 0.717) is 16.4 Å². The zero-order valence-corrected chi connectivity index (χ0v) is 16.6. The number of carbonyl (C=O) groups excluding carboxylic acids is 1. The maximum atomic E-state index is 12.6. The number of hydrogen-bond donors (Lipinski definition) is 2. The zero-order chi connectivity index (χ0) is 20.2. The maximum absolute atomic E-state index is 12.6. The van der Waals surface area contributed by atoms with Crippen LogP contribution >= 0.6 is 11.6 Å². The molecular weight excluding hydrogens is 386 g/mol. The van der Waals surface area contributed by atoms with Crippen molar-refractivity contribution < 1.29 is 4.79 Å². The SMILES string of the molecule is C[C@@H](NCC(=O)Nc1cc(Cl)ccc1-n1cncn1)c1cccc2ccccc12. The van der Waals surface area contributed by atoms with Gasteiger partial charge in [-0.05, 0) is 41.5 Å². The third-order valence-electron chi connectivity index (χ3n) is 4.76. The van der Waals surface area contributed by atoms with Crippen LogP contribution in [0.2, 0.25) is 5.02 Å². The highest BCUT2D eigenvalue weighted by Gasteiger charge is 2.13. The van der Waals surface area contributed by atoms with Crippen LogP contribution < -0.4 is 10.6 Å². The van der Waals surface area contributed by atoms with Crippen molar-refractivity contribution in [1.82, 2.24) is 20.1 Å². The molecule has 1 amide bonds. The Morgan fingerprint density at radius 2 is 1.97 bits per heavy atom. The van der Waals surface area contributed by atoms with Gasteiger partial charge in [0.25, 0.3) is 0 Å². The molecule has 3 aromatic carbocycles. The fourth-order valence-electron chi connectivity index (χ4n) is 3.32. The molecule has 0 saturated heterocycles. The lowest BCUT2D eigenvalue weighted by Gasteiger charge is -2.17. The molecule has 0 spiro atoms. The van der Waals surface area contributed by atoms with Gasteiger partial charge in [-0.2, -0.15) is 5.10 Å². The number of carbonyl (C=O) groups is 1. The van der Waals surface area contributed by atoms with Crippen molar-refractivity contribution in [2.75, 3.05) is 11.9 Å². The van der Waals surface area contributed by atoms with Crippen LogP contribution in [0.5, 0.6) is 0 Å². The first kappa shape index (κ1) is 19.1. The number of aromatic nitrogens is 3. The first-order chi connectivity index (χ1) is 14.1. The predicted octanol–water partition coefficient (Wildman–Crippen LogP) is 4.36. The van der Waals surface area contributed by atoms with E-state index in [-0.39, 0.29) is 18.5 Å². The van der Waals surface area contributed by atoms with E-state index in [9.17, 15) is 4.79 Å². The first-order valence-electron chi connectivity index (χ1n) is 9.27. The number of fused-ring (bicyclic) bond motifs is 1. The van der Waals surface area contributed by atoms with Crippen LogP contribution in [0.25, 0.3) is 16.5 Å². The lowest BCUT2D eigenvalue weighted by Crippen LogP contribution is -2.30. The highest BCUT2D eigenvalue weighted by atomic mass is 35.5. The van der Waals surface area contributed by atoms with Gasteiger partial charge in [-0.25, -0.2) is 9.67 Å². The molecule has 4 aromatic rings. The van der Waals surface area contributed by atoms with Crippen molar-refractivity contribution in [3.63, 3.8) is 0 Å². The number of nitrogens with one attached hydrogen (secondary N) is 2. The van der Waals surface area contributed by atoms with Crippen molar-refractivity contribution in [3.05, 3.63) is 83.9 Å². The molecule has 7 heteroatoms. The molecule has 0 aliphatic heterocycles. The van der Waals surface area contributed by atoms with Crippen LogP contribution in [0.3, 0.4) is 0 Å². The Balaban J connectivity index is 1.46. The molecule has 6 nitrogen and oxygen atoms in total. The van der Waals surface area contributed by atoms with Gasteiger partial charge in [0.05, 0.1) is 17.9 Å². The van der Waals surface area contributed by atoms with E-state index in [1.165, 1.54) is 17.1 Å². The molecule has 0 aliphatic rings. The number of amides is 1. The average molecular weight is 406 g/mol. The highest BCUT2D eigenvalue weighted by Crippen LogP contribution is 2.25. The Morgan fingerprint density at radius 3 is 2.79 bits per heavy atom. The molecule has 29 heavy (non-hydrogen) atoms. The van der Waals surface area contributed by atoms with Gasteiger partial charge in [0.2, 0.25) is 5.91 Å². The van der Waals surface area contributed by atoms with Crippen LogP contribution in [-0.4, -0.2) is 27.2 Å². The molecule has 1 atom stereocenters. The lowest BCUT2D eigenvalue weighted by molar-refractivity contribution is -0.115. The lowest BCUT2D eigenvalue weighted by atomic mass is 10.00. The number of benzene rings is 3. The standard InChI is InChI=1S/C22H20ClN5O/c1-15(18-8-4-6-16-5-2-3-7-19(16)18)25-12-22(29)27-20-11-17(23)9-10-21(20)28-14-24-13-26-28/h2-11,13-15,25H,12H2,1H3,(H,27,29)/t15-/m1/s1. The molecule has 0 bridgehead atoms. The monoisotopic (exact) mass is 405 g/mol. The number of nitrogens with zero attached hydrogens (tertiary/aromatic N) is 3. The Bertz CT molecular complexity index is 1140. The molecule has 1 heterocycles. The first-order valence-corrected chi connectivity index (χ1v) is 9.65. The molecule has 0 radical (unpaired) electrons. The van der Waals surface area contributed by atoms with Gasteiger partial charge in [-0.15, -0.1) is 0 Å². The summed E-state index contributed by atoms with van der Waals surface area (Å²) in [4.78, 5) is 16.5. The van der Waals surface area contributed by atoms with Crippen LogP contribution in [0.15, 0.2) is 73.3 Å². The Morgan fingerprint density at radius 1 is 1.14 bits per heavy atom. The summed E-state index contributed by atoms with van der Waals surface area (Å²) >= 11 is 6.11. The Kier molecular flexibility index (Phi) is 5.55. The van der Waals surface area contributed by atoms with E-state index in [0.717, 1.165) is 5.56 Å². The third-order valence-corrected chi connectivity index (χ3v) is 4.99. The van der Waals surface area contributed by atoms with Gasteiger partial charge in [-0.1, -0.05) is 54.1 Å². The quantitative estimate of drug-likeness (QED) is 0.500. The predicted molar refractivity (Wildman–Crippen MR) is 115 cm³/mol. The molecular formula is C22H20ClN5O. The van der Waals surface area contributed by atoms with Crippen molar-refractivity contribution >= 4 is 34.0 Å². The Labute approximate surface area is 173 Å². The molecule has 0 saturated carbocycles. The number of halogens is 1. The van der Waals surface area contributed by atoms with Crippen molar-refractivity contribution in [3.8, 4) is 5.69 Å². The van der Waals surface area contributed by atoms with E-state index in [2.05, 4.69) is 51.9 Å². The van der Waals surface area contributed by atoms with E-state index in [1.54, 1.807) is 29.2 Å². The molecule has 1 aromatic heterocycles. The van der Waals surface area contributed by atoms with Gasteiger partial charge in [0, 0.05) is 11.1 Å². The molecule has 2 N–H and O–H groups in total. The van der Waals surface area contributed by atoms with Gasteiger partial charge < -0.3 is 10.6 Å². The fourth-order valence-corrected chi connectivity index (χ4v) is 3.49. The van der Waals surface area contributed by atoms with Crippen LogP contribution in [0.4, 0.5) is 5.69 Å². The molecule has 0 unspecified atom stereocenters. The van der Waals surface area contributed by atoms with Gasteiger partial charge in [0.15, 0.2) is 0 Å². The minimum atomic E-state index is -0.166. The summed E-state index contributed by atoms with van der Waals surface area (Å²) in [6.45, 7) is 2.21. The maximum Gasteiger partial charge on any atom is 0.238 e. The summed E-state index contributed by atoms with van der Waals surface area (Å²) in [5.74, 6) is -0.166. The van der Waals surface area contributed by atoms with E-state index < -0.39 is 0 Å². The van der Waals surface area contributed by atoms with Crippen molar-refractivity contribution in [1.29, 1.82) is 0 Å². The summed E-state index contributed by atoms with van der Waals surface area (Å²) in [5.41, 5.74) is 2.43. The minimum Gasteiger partial charge on any atom is -0.323 e. The largest absolute Gasteiger partial charge is 0.323 e. The van der Waals surface area contributed by atoms with Gasteiger partial charge in [-0.3, -0.25) is 4.79 Å². The topological polar surface area (TPSA) is 71.8 Å². The zero-order valence-electron chi connectivity index (χ0n) is 15.8. The summed E-state index contributed by atoms with van der Waals surface area (Å²) in [6.07, 6.45) is 3.01. The third kappa shape index (κ3) is 4.29. The number of anilines is 1. The van der Waals surface area contributed by atoms with E-state index in [4.69, 9.17) is 11.6 Å². The molecule has 0 aliphatic carbocycles. The highest BCUT2D eigenvalue weighted by molar-refractivity contribution is 6.31. The fraction of sp³-hybridized carbons (Fsp3) is 0.136. The molecule has 4 rings (SSSR count). The summed E-state index contributed by atoms with van der Waals surface area (Å²) < 4.78 is 1.58. The summed E-state index contributed by atoms with van der Waals surface area (Å²) in [5, 5.41) is 13.2. The van der Waals surface area contributed by atoms with Gasteiger partial charge >= 0.3 is 0 Å². The summed E-state index contributed by atoms with van der Waals surface area (Å²) in [7, 11) is 0. The second kappa shape index (κ2) is 8.43. The van der Waals surface area contributed by atoms with Crippen molar-refractivity contribution in [2.45, 2.75) is 13.0 Å². The van der Waals surface area contributed by atoms with E-state index >= 15 is 0 Å². The van der Waals surface area contributed by atoms with Crippen LogP contribution in [-0.2, 0) is 4.79 Å². The number of hydrogen-bond acceptors (Lipinski definition) is 4. The minimum absolute atomic E-state index is 0.0148. The second-order valence-electron chi connectivity index (χ2n) is 6.72.